The van der Waals surface area contributed by atoms with Crippen molar-refractivity contribution in [1.29, 1.82) is 0 Å². The van der Waals surface area contributed by atoms with Gasteiger partial charge in [0.05, 0.1) is 17.2 Å². The highest BCUT2D eigenvalue weighted by Gasteiger charge is 2.14. The number of benzene rings is 1. The largest absolute Gasteiger partial charge is 0.487 e. The molecule has 25 heavy (non-hydrogen) atoms. The first-order valence-electron chi connectivity index (χ1n) is 7.95. The van der Waals surface area contributed by atoms with Crippen LogP contribution in [0.4, 0.5) is 0 Å². The number of nitrogens with zero attached hydrogens (tertiary/aromatic N) is 2. The van der Waals surface area contributed by atoms with E-state index >= 15 is 0 Å². The summed E-state index contributed by atoms with van der Waals surface area (Å²) in [5, 5.41) is 5.06. The van der Waals surface area contributed by atoms with E-state index in [0.29, 0.717) is 24.5 Å². The third-order valence-electron chi connectivity index (χ3n) is 3.83. The molecule has 0 fully saturated rings. The summed E-state index contributed by atoms with van der Waals surface area (Å²) < 4.78 is 5.78. The Morgan fingerprint density at radius 1 is 1.24 bits per heavy atom. The number of hydrogen-bond donors (Lipinski definition) is 0. The van der Waals surface area contributed by atoms with Crippen molar-refractivity contribution in [1.82, 2.24) is 9.88 Å². The molecule has 3 rings (SSSR count). The zero-order valence-electron chi connectivity index (χ0n) is 14.5. The van der Waals surface area contributed by atoms with Crippen LogP contribution in [0.3, 0.4) is 0 Å². The molecule has 1 amide bonds. The Kier molecular flexibility index (Phi) is 5.50. The van der Waals surface area contributed by atoms with Crippen molar-refractivity contribution in [3.8, 4) is 5.75 Å². The number of hydrogen-bond acceptors (Lipinski definition) is 5. The maximum Gasteiger partial charge on any atom is 0.254 e. The molecule has 0 N–H and O–H groups in total. The van der Waals surface area contributed by atoms with Gasteiger partial charge in [0.2, 0.25) is 0 Å². The molecule has 2 aromatic heterocycles. The van der Waals surface area contributed by atoms with Crippen molar-refractivity contribution in [3.05, 3.63) is 67.8 Å². The Labute approximate surface area is 155 Å². The number of aromatic nitrogens is 1. The topological polar surface area (TPSA) is 42.4 Å². The quantitative estimate of drug-likeness (QED) is 0.631. The van der Waals surface area contributed by atoms with Gasteiger partial charge in [-0.2, -0.15) is 0 Å². The van der Waals surface area contributed by atoms with E-state index < -0.39 is 0 Å². The van der Waals surface area contributed by atoms with Crippen molar-refractivity contribution in [2.75, 3.05) is 7.05 Å². The highest BCUT2D eigenvalue weighted by atomic mass is 32.1. The summed E-state index contributed by atoms with van der Waals surface area (Å²) in [6.07, 6.45) is 0. The van der Waals surface area contributed by atoms with Gasteiger partial charge in [-0.1, -0.05) is 6.07 Å². The lowest BCUT2D eigenvalue weighted by molar-refractivity contribution is 0.0786. The van der Waals surface area contributed by atoms with Gasteiger partial charge in [-0.05, 0) is 49.1 Å². The van der Waals surface area contributed by atoms with Crippen LogP contribution in [0.1, 0.15) is 31.5 Å². The number of carbonyl (C=O) groups excluding carboxylic acids is 1. The lowest BCUT2D eigenvalue weighted by atomic mass is 10.2. The van der Waals surface area contributed by atoms with Crippen LogP contribution in [0.15, 0.2) is 41.1 Å². The predicted octanol–water partition coefficient (Wildman–Crippen LogP) is 4.67. The van der Waals surface area contributed by atoms with E-state index in [1.165, 1.54) is 10.4 Å². The van der Waals surface area contributed by atoms with Gasteiger partial charge in [-0.3, -0.25) is 4.79 Å². The molecule has 0 bridgehead atoms. The first-order chi connectivity index (χ1) is 12.0. The minimum atomic E-state index is -0.0113. The summed E-state index contributed by atoms with van der Waals surface area (Å²) >= 11 is 3.28. The van der Waals surface area contributed by atoms with Gasteiger partial charge in [-0.25, -0.2) is 4.98 Å². The van der Waals surface area contributed by atoms with Crippen molar-refractivity contribution in [2.45, 2.75) is 27.0 Å². The second kappa shape index (κ2) is 7.80. The van der Waals surface area contributed by atoms with Gasteiger partial charge >= 0.3 is 0 Å². The summed E-state index contributed by atoms with van der Waals surface area (Å²) in [6, 6.07) is 9.39. The molecule has 0 spiro atoms. The van der Waals surface area contributed by atoms with Gasteiger partial charge < -0.3 is 9.64 Å². The molecule has 0 aliphatic carbocycles. The molecule has 6 heteroatoms. The SMILES string of the molecule is Cc1nc(COc2cccc(C(=O)N(C)Cc3sccc3C)c2)cs1. The summed E-state index contributed by atoms with van der Waals surface area (Å²) in [4.78, 5) is 20.0. The number of carbonyl (C=O) groups is 1. The molecule has 4 nitrogen and oxygen atoms in total. The molecule has 0 saturated heterocycles. The number of thiazole rings is 1. The predicted molar refractivity (Wildman–Crippen MR) is 102 cm³/mol. The van der Waals surface area contributed by atoms with E-state index in [-0.39, 0.29) is 5.91 Å². The average Bonchev–Trinajstić information content (AvgIpc) is 3.21. The molecular weight excluding hydrogens is 352 g/mol. The Balaban J connectivity index is 1.65. The molecule has 1 aromatic carbocycles. The van der Waals surface area contributed by atoms with Crippen LogP contribution in [0, 0.1) is 13.8 Å². The van der Waals surface area contributed by atoms with Crippen molar-refractivity contribution in [2.24, 2.45) is 0 Å². The molecule has 0 aliphatic rings. The summed E-state index contributed by atoms with van der Waals surface area (Å²) in [5.74, 6) is 0.667. The van der Waals surface area contributed by atoms with E-state index in [0.717, 1.165) is 10.7 Å². The van der Waals surface area contributed by atoms with Crippen LogP contribution in [0.5, 0.6) is 5.75 Å². The highest BCUT2D eigenvalue weighted by Crippen LogP contribution is 2.20. The molecule has 0 atom stereocenters. The third-order valence-corrected chi connectivity index (χ3v) is 5.66. The van der Waals surface area contributed by atoms with Gasteiger partial charge in [0.25, 0.3) is 5.91 Å². The lowest BCUT2D eigenvalue weighted by Gasteiger charge is -2.17. The molecule has 0 radical (unpaired) electrons. The Bertz CT molecular complexity index is 870. The third kappa shape index (κ3) is 4.46. The Morgan fingerprint density at radius 3 is 2.76 bits per heavy atom. The average molecular weight is 373 g/mol. The van der Waals surface area contributed by atoms with E-state index in [4.69, 9.17) is 4.74 Å². The minimum absolute atomic E-state index is 0.0113. The fourth-order valence-corrected chi connectivity index (χ4v) is 3.98. The normalized spacial score (nSPS) is 10.7. The standard InChI is InChI=1S/C19H20N2O2S2/c1-13-7-8-24-18(13)10-21(3)19(22)15-5-4-6-17(9-15)23-11-16-12-25-14(2)20-16/h4-9,12H,10-11H2,1-3H3. The first kappa shape index (κ1) is 17.6. The van der Waals surface area contributed by atoms with E-state index in [1.54, 1.807) is 33.6 Å². The summed E-state index contributed by atoms with van der Waals surface area (Å²) in [5.41, 5.74) is 2.76. The van der Waals surface area contributed by atoms with Crippen LogP contribution >= 0.6 is 22.7 Å². The van der Waals surface area contributed by atoms with Gasteiger partial charge in [0, 0.05) is 22.9 Å². The van der Waals surface area contributed by atoms with E-state index in [9.17, 15) is 4.79 Å². The van der Waals surface area contributed by atoms with Crippen LogP contribution in [-0.2, 0) is 13.2 Å². The van der Waals surface area contributed by atoms with E-state index in [1.807, 2.05) is 37.6 Å². The lowest BCUT2D eigenvalue weighted by Crippen LogP contribution is -2.26. The number of aryl methyl sites for hydroxylation is 2. The molecule has 3 aromatic rings. The molecular formula is C19H20N2O2S2. The van der Waals surface area contributed by atoms with Crippen LogP contribution < -0.4 is 4.74 Å². The zero-order chi connectivity index (χ0) is 17.8. The fraction of sp³-hybridized carbons (Fsp3) is 0.263. The van der Waals surface area contributed by atoms with Crippen molar-refractivity contribution >= 4 is 28.6 Å². The van der Waals surface area contributed by atoms with E-state index in [2.05, 4.69) is 23.4 Å². The second-order valence-corrected chi connectivity index (χ2v) is 7.93. The van der Waals surface area contributed by atoms with Crippen LogP contribution in [-0.4, -0.2) is 22.8 Å². The molecule has 0 unspecified atom stereocenters. The zero-order valence-corrected chi connectivity index (χ0v) is 16.1. The number of amides is 1. The maximum absolute atomic E-state index is 12.7. The molecule has 2 heterocycles. The second-order valence-electron chi connectivity index (χ2n) is 5.86. The maximum atomic E-state index is 12.7. The highest BCUT2D eigenvalue weighted by molar-refractivity contribution is 7.10. The molecule has 130 valence electrons. The monoisotopic (exact) mass is 372 g/mol. The number of rotatable bonds is 6. The minimum Gasteiger partial charge on any atom is -0.487 e. The first-order valence-corrected chi connectivity index (χ1v) is 9.71. The molecule has 0 saturated carbocycles. The number of thiophene rings is 1. The van der Waals surface area contributed by atoms with Crippen LogP contribution in [0.25, 0.3) is 0 Å². The fourth-order valence-electron chi connectivity index (χ4n) is 2.42. The smallest absolute Gasteiger partial charge is 0.254 e. The molecule has 0 aliphatic heterocycles. The van der Waals surface area contributed by atoms with Gasteiger partial charge in [-0.15, -0.1) is 22.7 Å². The Morgan fingerprint density at radius 2 is 2.08 bits per heavy atom. The summed E-state index contributed by atoms with van der Waals surface area (Å²) in [6.45, 7) is 5.06. The van der Waals surface area contributed by atoms with Gasteiger partial charge in [0.1, 0.15) is 12.4 Å². The number of ether oxygens (including phenoxy) is 1. The van der Waals surface area contributed by atoms with Gasteiger partial charge in [0.15, 0.2) is 0 Å². The summed E-state index contributed by atoms with van der Waals surface area (Å²) in [7, 11) is 1.83. The van der Waals surface area contributed by atoms with Crippen molar-refractivity contribution in [3.63, 3.8) is 0 Å². The Hall–Kier alpha value is -2.18. The van der Waals surface area contributed by atoms with Crippen molar-refractivity contribution < 1.29 is 9.53 Å². The van der Waals surface area contributed by atoms with Crippen LogP contribution in [0.2, 0.25) is 0 Å².